The molecule has 1 aliphatic heterocycles. The van der Waals surface area contributed by atoms with E-state index in [0.717, 1.165) is 17.9 Å². The Morgan fingerprint density at radius 2 is 1.85 bits per heavy atom. The molecule has 4 nitrogen and oxygen atoms in total. The van der Waals surface area contributed by atoms with Crippen LogP contribution >= 0.6 is 11.8 Å². The molecule has 1 aromatic rings. The van der Waals surface area contributed by atoms with Gasteiger partial charge < -0.3 is 9.80 Å². The zero-order chi connectivity index (χ0) is 14.2. The zero-order valence-electron chi connectivity index (χ0n) is 11.5. The third-order valence-corrected chi connectivity index (χ3v) is 4.42. The molecule has 0 unspecified atom stereocenters. The Bertz CT molecular complexity index is 431. The fraction of sp³-hybridized carbons (Fsp3) is 0.467. The Balaban J connectivity index is 1.62. The number of nitrogens with zero attached hydrogens (tertiary/aromatic N) is 2. The van der Waals surface area contributed by atoms with Crippen LogP contribution in [0.25, 0.3) is 0 Å². The molecular formula is C15H20N2O2S. The number of amides is 2. The van der Waals surface area contributed by atoms with Crippen LogP contribution in [0.5, 0.6) is 0 Å². The maximum atomic E-state index is 12.0. The Morgan fingerprint density at radius 1 is 1.15 bits per heavy atom. The van der Waals surface area contributed by atoms with Gasteiger partial charge in [-0.05, 0) is 5.56 Å². The van der Waals surface area contributed by atoms with E-state index in [4.69, 9.17) is 0 Å². The monoisotopic (exact) mass is 292 g/mol. The number of carbonyl (C=O) groups excluding carboxylic acids is 2. The largest absolute Gasteiger partial charge is 0.342 e. The molecule has 0 saturated carbocycles. The first kappa shape index (κ1) is 14.9. The van der Waals surface area contributed by atoms with E-state index in [-0.39, 0.29) is 5.91 Å². The SMILES string of the molecule is O=CN1CCN(C(=O)CCSCc2ccccc2)CC1. The Kier molecular flexibility index (Phi) is 5.92. The zero-order valence-corrected chi connectivity index (χ0v) is 12.3. The molecule has 0 radical (unpaired) electrons. The minimum absolute atomic E-state index is 0.205. The van der Waals surface area contributed by atoms with Crippen LogP contribution in [0, 0.1) is 0 Å². The molecule has 20 heavy (non-hydrogen) atoms. The summed E-state index contributed by atoms with van der Waals surface area (Å²) in [5, 5.41) is 0. The number of hydrogen-bond acceptors (Lipinski definition) is 3. The van der Waals surface area contributed by atoms with Gasteiger partial charge in [-0.25, -0.2) is 0 Å². The minimum atomic E-state index is 0.205. The standard InChI is InChI=1S/C15H20N2O2S/c18-13-16-7-9-17(10-8-16)15(19)6-11-20-12-14-4-2-1-3-5-14/h1-5,13H,6-12H2. The number of rotatable bonds is 6. The van der Waals surface area contributed by atoms with Gasteiger partial charge in [0.15, 0.2) is 0 Å². The van der Waals surface area contributed by atoms with E-state index in [1.54, 1.807) is 16.7 Å². The lowest BCUT2D eigenvalue weighted by Gasteiger charge is -2.32. The van der Waals surface area contributed by atoms with Crippen molar-refractivity contribution < 1.29 is 9.59 Å². The molecule has 1 aromatic carbocycles. The normalized spacial score (nSPS) is 15.2. The molecule has 2 rings (SSSR count). The summed E-state index contributed by atoms with van der Waals surface area (Å²) in [6, 6.07) is 10.3. The molecule has 2 amide bonds. The molecule has 0 aromatic heterocycles. The summed E-state index contributed by atoms with van der Waals surface area (Å²) in [6.45, 7) is 2.65. The molecule has 0 bridgehead atoms. The average molecular weight is 292 g/mol. The van der Waals surface area contributed by atoms with Gasteiger partial charge in [-0.15, -0.1) is 0 Å². The van der Waals surface area contributed by atoms with E-state index in [9.17, 15) is 9.59 Å². The molecule has 0 aliphatic carbocycles. The molecule has 0 atom stereocenters. The highest BCUT2D eigenvalue weighted by molar-refractivity contribution is 7.98. The molecule has 1 heterocycles. The second-order valence-electron chi connectivity index (χ2n) is 4.81. The molecule has 1 aliphatic rings. The average Bonchev–Trinajstić information content (AvgIpc) is 2.52. The van der Waals surface area contributed by atoms with Crippen LogP contribution in [0.1, 0.15) is 12.0 Å². The lowest BCUT2D eigenvalue weighted by atomic mass is 10.2. The third kappa shape index (κ3) is 4.56. The smallest absolute Gasteiger partial charge is 0.223 e. The second kappa shape index (κ2) is 7.94. The van der Waals surface area contributed by atoms with Crippen molar-refractivity contribution >= 4 is 24.1 Å². The van der Waals surface area contributed by atoms with Crippen molar-refractivity contribution in [3.8, 4) is 0 Å². The van der Waals surface area contributed by atoms with Crippen molar-refractivity contribution in [1.29, 1.82) is 0 Å². The van der Waals surface area contributed by atoms with Gasteiger partial charge in [-0.1, -0.05) is 30.3 Å². The third-order valence-electron chi connectivity index (χ3n) is 3.39. The summed E-state index contributed by atoms with van der Waals surface area (Å²) >= 11 is 1.79. The van der Waals surface area contributed by atoms with Crippen LogP contribution in [-0.4, -0.2) is 54.0 Å². The van der Waals surface area contributed by atoms with E-state index < -0.39 is 0 Å². The first-order valence-corrected chi connectivity index (χ1v) is 8.04. The summed E-state index contributed by atoms with van der Waals surface area (Å²) < 4.78 is 0. The van der Waals surface area contributed by atoms with E-state index in [2.05, 4.69) is 12.1 Å². The predicted molar refractivity (Wildman–Crippen MR) is 81.4 cm³/mol. The summed E-state index contributed by atoms with van der Waals surface area (Å²) in [4.78, 5) is 26.2. The van der Waals surface area contributed by atoms with Gasteiger partial charge >= 0.3 is 0 Å². The minimum Gasteiger partial charge on any atom is -0.342 e. The van der Waals surface area contributed by atoms with Crippen LogP contribution in [-0.2, 0) is 15.3 Å². The molecule has 1 fully saturated rings. The van der Waals surface area contributed by atoms with Crippen molar-refractivity contribution in [3.63, 3.8) is 0 Å². The van der Waals surface area contributed by atoms with E-state index in [1.165, 1.54) is 5.56 Å². The topological polar surface area (TPSA) is 40.6 Å². The van der Waals surface area contributed by atoms with Gasteiger partial charge in [-0.2, -0.15) is 11.8 Å². The molecule has 0 spiro atoms. The van der Waals surface area contributed by atoms with Crippen molar-refractivity contribution in [2.75, 3.05) is 31.9 Å². The molecule has 0 N–H and O–H groups in total. The Hall–Kier alpha value is -1.49. The van der Waals surface area contributed by atoms with E-state index in [1.807, 2.05) is 23.1 Å². The number of benzene rings is 1. The Labute approximate surface area is 124 Å². The van der Waals surface area contributed by atoms with Crippen molar-refractivity contribution in [2.24, 2.45) is 0 Å². The summed E-state index contributed by atoms with van der Waals surface area (Å²) in [5.41, 5.74) is 1.30. The highest BCUT2D eigenvalue weighted by Crippen LogP contribution is 2.13. The Morgan fingerprint density at radius 3 is 2.50 bits per heavy atom. The summed E-state index contributed by atoms with van der Waals surface area (Å²) in [5.74, 6) is 2.00. The van der Waals surface area contributed by atoms with Gasteiger partial charge in [0.25, 0.3) is 0 Å². The predicted octanol–water partition coefficient (Wildman–Crippen LogP) is 1.61. The second-order valence-corrected chi connectivity index (χ2v) is 5.92. The molecular weight excluding hydrogens is 272 g/mol. The first-order valence-electron chi connectivity index (χ1n) is 6.88. The van der Waals surface area contributed by atoms with Gasteiger partial charge in [0.05, 0.1) is 0 Å². The van der Waals surface area contributed by atoms with Crippen LogP contribution < -0.4 is 0 Å². The molecule has 5 heteroatoms. The fourth-order valence-corrected chi connectivity index (χ4v) is 3.05. The van der Waals surface area contributed by atoms with Crippen molar-refractivity contribution in [3.05, 3.63) is 35.9 Å². The van der Waals surface area contributed by atoms with Crippen LogP contribution in [0.15, 0.2) is 30.3 Å². The van der Waals surface area contributed by atoms with E-state index >= 15 is 0 Å². The van der Waals surface area contributed by atoms with Crippen LogP contribution in [0.3, 0.4) is 0 Å². The van der Waals surface area contributed by atoms with Gasteiger partial charge in [-0.3, -0.25) is 9.59 Å². The number of piperazine rings is 1. The van der Waals surface area contributed by atoms with Gasteiger partial charge in [0.2, 0.25) is 12.3 Å². The highest BCUT2D eigenvalue weighted by atomic mass is 32.2. The van der Waals surface area contributed by atoms with Crippen molar-refractivity contribution in [2.45, 2.75) is 12.2 Å². The first-order chi connectivity index (χ1) is 9.79. The van der Waals surface area contributed by atoms with Gasteiger partial charge in [0, 0.05) is 44.1 Å². The summed E-state index contributed by atoms with van der Waals surface area (Å²) in [7, 11) is 0. The van der Waals surface area contributed by atoms with E-state index in [0.29, 0.717) is 32.6 Å². The maximum absolute atomic E-state index is 12.0. The summed E-state index contributed by atoms with van der Waals surface area (Å²) in [6.07, 6.45) is 1.44. The molecule has 1 saturated heterocycles. The number of carbonyl (C=O) groups is 2. The molecule has 108 valence electrons. The maximum Gasteiger partial charge on any atom is 0.223 e. The lowest BCUT2D eigenvalue weighted by Crippen LogP contribution is -2.48. The number of hydrogen-bond donors (Lipinski definition) is 0. The van der Waals surface area contributed by atoms with Crippen LogP contribution in [0.4, 0.5) is 0 Å². The lowest BCUT2D eigenvalue weighted by molar-refractivity contribution is -0.134. The van der Waals surface area contributed by atoms with Crippen LogP contribution in [0.2, 0.25) is 0 Å². The number of thioether (sulfide) groups is 1. The highest BCUT2D eigenvalue weighted by Gasteiger charge is 2.19. The quantitative estimate of drug-likeness (QED) is 0.591. The van der Waals surface area contributed by atoms with Crippen molar-refractivity contribution in [1.82, 2.24) is 9.80 Å². The van der Waals surface area contributed by atoms with Gasteiger partial charge in [0.1, 0.15) is 0 Å². The fourth-order valence-electron chi connectivity index (χ4n) is 2.16.